The summed E-state index contributed by atoms with van der Waals surface area (Å²) < 4.78 is 5.20. The zero-order chi connectivity index (χ0) is 19.7. The van der Waals surface area contributed by atoms with Crippen LogP contribution < -0.4 is 4.90 Å². The summed E-state index contributed by atoms with van der Waals surface area (Å²) in [5.41, 5.74) is -0.729. The Labute approximate surface area is 154 Å². The summed E-state index contributed by atoms with van der Waals surface area (Å²) in [5, 5.41) is 11.2. The number of hydrogen-bond donors (Lipinski definition) is 0. The van der Waals surface area contributed by atoms with Gasteiger partial charge in [-0.05, 0) is 24.1 Å². The zero-order valence-corrected chi connectivity index (χ0v) is 14.7. The third kappa shape index (κ3) is 3.17. The number of fused-ring (bicyclic) bond motifs is 1. The molecule has 0 radical (unpaired) electrons. The van der Waals surface area contributed by atoms with Gasteiger partial charge in [-0.2, -0.15) is 0 Å². The molecule has 27 heavy (non-hydrogen) atoms. The van der Waals surface area contributed by atoms with Crippen molar-refractivity contribution in [1.82, 2.24) is 0 Å². The van der Waals surface area contributed by atoms with Crippen molar-refractivity contribution in [3.63, 3.8) is 0 Å². The molecule has 0 saturated carbocycles. The van der Waals surface area contributed by atoms with E-state index in [0.29, 0.717) is 0 Å². The third-order valence-electron chi connectivity index (χ3n) is 4.00. The number of carbonyl (C=O) groups is 3. The van der Waals surface area contributed by atoms with Gasteiger partial charge >= 0.3 is 5.97 Å². The molecule has 0 aliphatic carbocycles. The average molecular weight is 368 g/mol. The standard InChI is InChI=1S/C19H16N2O6/c1-11(2)10-27-19(24)12-6-3-4-8-14(12)20-17(22)13-7-5-9-15(21(25)26)16(13)18(20)23/h3-9,11H,10H2,1-2H3. The Bertz CT molecular complexity index is 966. The molecular formula is C19H16N2O6. The van der Waals surface area contributed by atoms with Crippen molar-refractivity contribution in [2.45, 2.75) is 13.8 Å². The number of para-hydroxylation sites is 1. The van der Waals surface area contributed by atoms with Crippen molar-refractivity contribution < 1.29 is 24.0 Å². The second-order valence-corrected chi connectivity index (χ2v) is 6.41. The normalized spacial score (nSPS) is 13.1. The van der Waals surface area contributed by atoms with Gasteiger partial charge < -0.3 is 4.74 Å². The summed E-state index contributed by atoms with van der Waals surface area (Å²) in [6.07, 6.45) is 0. The number of hydrogen-bond acceptors (Lipinski definition) is 6. The average Bonchev–Trinajstić information content (AvgIpc) is 2.90. The molecule has 0 aromatic heterocycles. The molecule has 1 aliphatic heterocycles. The Morgan fingerprint density at radius 3 is 2.48 bits per heavy atom. The van der Waals surface area contributed by atoms with Crippen LogP contribution in [0.2, 0.25) is 0 Å². The molecule has 8 nitrogen and oxygen atoms in total. The highest BCUT2D eigenvalue weighted by Gasteiger charge is 2.43. The van der Waals surface area contributed by atoms with Gasteiger partial charge in [0.1, 0.15) is 5.56 Å². The van der Waals surface area contributed by atoms with Gasteiger partial charge in [-0.15, -0.1) is 0 Å². The molecule has 0 unspecified atom stereocenters. The Morgan fingerprint density at radius 2 is 1.81 bits per heavy atom. The fourth-order valence-corrected chi connectivity index (χ4v) is 2.80. The number of nitrogens with zero attached hydrogens (tertiary/aromatic N) is 2. The molecule has 2 aromatic rings. The van der Waals surface area contributed by atoms with Crippen LogP contribution in [0.4, 0.5) is 11.4 Å². The highest BCUT2D eigenvalue weighted by Crippen LogP contribution is 2.35. The molecule has 8 heteroatoms. The molecule has 138 valence electrons. The van der Waals surface area contributed by atoms with Gasteiger partial charge in [-0.1, -0.05) is 32.0 Å². The number of amides is 2. The Morgan fingerprint density at radius 1 is 1.11 bits per heavy atom. The van der Waals surface area contributed by atoms with Crippen LogP contribution in [0.1, 0.15) is 44.9 Å². The monoisotopic (exact) mass is 368 g/mol. The van der Waals surface area contributed by atoms with E-state index in [1.165, 1.54) is 24.3 Å². The summed E-state index contributed by atoms with van der Waals surface area (Å²) in [6.45, 7) is 3.94. The van der Waals surface area contributed by atoms with Gasteiger partial charge in [0.2, 0.25) is 0 Å². The third-order valence-corrected chi connectivity index (χ3v) is 4.00. The summed E-state index contributed by atoms with van der Waals surface area (Å²) in [6, 6.07) is 9.87. The zero-order valence-electron chi connectivity index (χ0n) is 14.7. The molecule has 0 N–H and O–H groups in total. The lowest BCUT2D eigenvalue weighted by molar-refractivity contribution is -0.385. The Balaban J connectivity index is 2.05. The summed E-state index contributed by atoms with van der Waals surface area (Å²) in [4.78, 5) is 49.3. The Kier molecular flexibility index (Phi) is 4.72. The first kappa shape index (κ1) is 18.2. The summed E-state index contributed by atoms with van der Waals surface area (Å²) in [5.74, 6) is -2.12. The molecule has 0 atom stereocenters. The number of ether oxygens (including phenoxy) is 1. The van der Waals surface area contributed by atoms with Gasteiger partial charge in [0.25, 0.3) is 17.5 Å². The maximum absolute atomic E-state index is 12.8. The number of rotatable bonds is 5. The molecular weight excluding hydrogens is 352 g/mol. The quantitative estimate of drug-likeness (QED) is 0.347. The van der Waals surface area contributed by atoms with Crippen LogP contribution in [0.25, 0.3) is 0 Å². The lowest BCUT2D eigenvalue weighted by Gasteiger charge is -2.17. The minimum Gasteiger partial charge on any atom is -0.462 e. The van der Waals surface area contributed by atoms with Gasteiger partial charge in [0, 0.05) is 6.07 Å². The molecule has 0 bridgehead atoms. The van der Waals surface area contributed by atoms with E-state index in [-0.39, 0.29) is 34.9 Å². The van der Waals surface area contributed by atoms with Crippen molar-refractivity contribution in [1.29, 1.82) is 0 Å². The fourth-order valence-electron chi connectivity index (χ4n) is 2.80. The number of imide groups is 1. The second kappa shape index (κ2) is 6.99. The van der Waals surface area contributed by atoms with Crippen molar-refractivity contribution in [2.24, 2.45) is 5.92 Å². The second-order valence-electron chi connectivity index (χ2n) is 6.41. The van der Waals surface area contributed by atoms with E-state index in [1.54, 1.807) is 12.1 Å². The fraction of sp³-hybridized carbons (Fsp3) is 0.211. The van der Waals surface area contributed by atoms with E-state index in [1.807, 2.05) is 13.8 Å². The van der Waals surface area contributed by atoms with Gasteiger partial charge in [0.05, 0.1) is 28.3 Å². The van der Waals surface area contributed by atoms with Crippen LogP contribution in [-0.2, 0) is 4.74 Å². The van der Waals surface area contributed by atoms with Crippen LogP contribution >= 0.6 is 0 Å². The van der Waals surface area contributed by atoms with Crippen LogP contribution in [0.15, 0.2) is 42.5 Å². The minimum atomic E-state index is -0.841. The first-order valence-corrected chi connectivity index (χ1v) is 8.25. The number of anilines is 1. The van der Waals surface area contributed by atoms with Crippen LogP contribution in [0.3, 0.4) is 0 Å². The molecule has 0 spiro atoms. The van der Waals surface area contributed by atoms with E-state index in [4.69, 9.17) is 4.74 Å². The minimum absolute atomic E-state index is 0.0340. The predicted octanol–water partition coefficient (Wildman–Crippen LogP) is 3.21. The van der Waals surface area contributed by atoms with Crippen molar-refractivity contribution in [2.75, 3.05) is 11.5 Å². The van der Waals surface area contributed by atoms with E-state index in [2.05, 4.69) is 0 Å². The largest absolute Gasteiger partial charge is 0.462 e. The van der Waals surface area contributed by atoms with Crippen molar-refractivity contribution in [3.8, 4) is 0 Å². The number of carbonyl (C=O) groups excluding carboxylic acids is 3. The molecule has 1 heterocycles. The number of nitro benzene ring substituents is 1. The lowest BCUT2D eigenvalue weighted by atomic mass is 10.1. The SMILES string of the molecule is CC(C)COC(=O)c1ccccc1N1C(=O)c2cccc([N+](=O)[O-])c2C1=O. The molecule has 2 amide bonds. The molecule has 0 saturated heterocycles. The first-order valence-electron chi connectivity index (χ1n) is 8.25. The molecule has 1 aliphatic rings. The van der Waals surface area contributed by atoms with Crippen molar-refractivity contribution >= 4 is 29.2 Å². The van der Waals surface area contributed by atoms with Crippen LogP contribution in [0, 0.1) is 16.0 Å². The number of benzene rings is 2. The maximum Gasteiger partial charge on any atom is 0.340 e. The summed E-state index contributed by atoms with van der Waals surface area (Å²) >= 11 is 0. The Hall–Kier alpha value is -3.55. The first-order chi connectivity index (χ1) is 12.8. The van der Waals surface area contributed by atoms with Crippen LogP contribution in [-0.4, -0.2) is 29.3 Å². The van der Waals surface area contributed by atoms with Gasteiger partial charge in [-0.25, -0.2) is 9.69 Å². The van der Waals surface area contributed by atoms with Gasteiger partial charge in [-0.3, -0.25) is 19.7 Å². The highest BCUT2D eigenvalue weighted by molar-refractivity contribution is 6.36. The lowest BCUT2D eigenvalue weighted by Crippen LogP contribution is -2.31. The van der Waals surface area contributed by atoms with E-state index >= 15 is 0 Å². The highest BCUT2D eigenvalue weighted by atomic mass is 16.6. The topological polar surface area (TPSA) is 107 Å². The molecule has 3 rings (SSSR count). The van der Waals surface area contributed by atoms with E-state index < -0.39 is 28.4 Å². The smallest absolute Gasteiger partial charge is 0.340 e. The summed E-state index contributed by atoms with van der Waals surface area (Å²) in [7, 11) is 0. The number of esters is 1. The van der Waals surface area contributed by atoms with E-state index in [9.17, 15) is 24.5 Å². The van der Waals surface area contributed by atoms with Crippen LogP contribution in [0.5, 0.6) is 0 Å². The maximum atomic E-state index is 12.8. The van der Waals surface area contributed by atoms with E-state index in [0.717, 1.165) is 11.0 Å². The van der Waals surface area contributed by atoms with Gasteiger partial charge in [0.15, 0.2) is 0 Å². The van der Waals surface area contributed by atoms with Crippen molar-refractivity contribution in [3.05, 3.63) is 69.3 Å². The number of nitro groups is 1. The molecule has 0 fully saturated rings. The predicted molar refractivity (Wildman–Crippen MR) is 95.8 cm³/mol. The molecule has 2 aromatic carbocycles.